The van der Waals surface area contributed by atoms with Crippen molar-refractivity contribution in [2.45, 2.75) is 19.4 Å². The van der Waals surface area contributed by atoms with Gasteiger partial charge in [0, 0.05) is 23.2 Å². The van der Waals surface area contributed by atoms with E-state index < -0.39 is 0 Å². The number of ether oxygens (including phenoxy) is 1. The van der Waals surface area contributed by atoms with Gasteiger partial charge in [-0.1, -0.05) is 24.3 Å². The maximum absolute atomic E-state index is 5.89. The van der Waals surface area contributed by atoms with Crippen molar-refractivity contribution in [1.29, 1.82) is 0 Å². The van der Waals surface area contributed by atoms with Gasteiger partial charge in [-0.05, 0) is 31.5 Å². The second kappa shape index (κ2) is 5.89. The van der Waals surface area contributed by atoms with Gasteiger partial charge in [0.1, 0.15) is 5.75 Å². The second-order valence-corrected chi connectivity index (χ2v) is 5.11. The lowest BCUT2D eigenvalue weighted by Gasteiger charge is -2.11. The molecule has 2 aromatic heterocycles. The number of pyridine rings is 2. The molecule has 0 aliphatic heterocycles. The lowest BCUT2D eigenvalue weighted by molar-refractivity contribution is 0.453. The van der Waals surface area contributed by atoms with Crippen LogP contribution in [-0.2, 0) is 6.42 Å². The van der Waals surface area contributed by atoms with Crippen LogP contribution in [0.5, 0.6) is 11.6 Å². The second-order valence-electron chi connectivity index (χ2n) is 5.11. The van der Waals surface area contributed by atoms with Crippen molar-refractivity contribution in [3.8, 4) is 11.6 Å². The summed E-state index contributed by atoms with van der Waals surface area (Å²) in [5, 5.41) is 1.04. The van der Waals surface area contributed by atoms with Gasteiger partial charge in [0.05, 0.1) is 11.7 Å². The van der Waals surface area contributed by atoms with E-state index in [1.807, 2.05) is 49.4 Å². The van der Waals surface area contributed by atoms with Crippen LogP contribution in [0.4, 0.5) is 0 Å². The van der Waals surface area contributed by atoms with Gasteiger partial charge in [0.2, 0.25) is 5.88 Å². The minimum absolute atomic E-state index is 0.0614. The Morgan fingerprint density at radius 2 is 2.00 bits per heavy atom. The fraction of sp³-hybridized carbons (Fsp3) is 0.176. The van der Waals surface area contributed by atoms with E-state index in [-0.39, 0.29) is 6.04 Å². The van der Waals surface area contributed by atoms with Crippen LogP contribution in [0.2, 0.25) is 0 Å². The SMILES string of the molecule is CC(N)Cc1cccnc1Oc1cnc2ccccc2c1. The van der Waals surface area contributed by atoms with Gasteiger partial charge < -0.3 is 10.5 Å². The summed E-state index contributed by atoms with van der Waals surface area (Å²) in [6.45, 7) is 1.97. The fourth-order valence-corrected chi connectivity index (χ4v) is 2.24. The molecule has 1 unspecified atom stereocenters. The minimum Gasteiger partial charge on any atom is -0.437 e. The Morgan fingerprint density at radius 3 is 2.86 bits per heavy atom. The van der Waals surface area contributed by atoms with Gasteiger partial charge in [0.15, 0.2) is 0 Å². The molecule has 21 heavy (non-hydrogen) atoms. The number of hydrogen-bond acceptors (Lipinski definition) is 4. The number of fused-ring (bicyclic) bond motifs is 1. The Kier molecular flexibility index (Phi) is 3.79. The Hall–Kier alpha value is -2.46. The average molecular weight is 279 g/mol. The number of aromatic nitrogens is 2. The molecule has 0 amide bonds. The Labute approximate surface area is 123 Å². The molecule has 0 bridgehead atoms. The summed E-state index contributed by atoms with van der Waals surface area (Å²) >= 11 is 0. The highest BCUT2D eigenvalue weighted by atomic mass is 16.5. The van der Waals surface area contributed by atoms with Crippen LogP contribution < -0.4 is 10.5 Å². The van der Waals surface area contributed by atoms with Crippen molar-refractivity contribution in [1.82, 2.24) is 9.97 Å². The van der Waals surface area contributed by atoms with Crippen molar-refractivity contribution in [3.63, 3.8) is 0 Å². The number of hydrogen-bond donors (Lipinski definition) is 1. The molecule has 0 fully saturated rings. The molecule has 2 N–H and O–H groups in total. The first-order valence-electron chi connectivity index (χ1n) is 6.94. The zero-order valence-corrected chi connectivity index (χ0v) is 11.9. The lowest BCUT2D eigenvalue weighted by Crippen LogP contribution is -2.18. The number of nitrogens with two attached hydrogens (primary N) is 1. The van der Waals surface area contributed by atoms with Crippen molar-refractivity contribution in [3.05, 3.63) is 60.4 Å². The van der Waals surface area contributed by atoms with Gasteiger partial charge in [-0.2, -0.15) is 0 Å². The van der Waals surface area contributed by atoms with Crippen molar-refractivity contribution in [2.75, 3.05) is 0 Å². The average Bonchev–Trinajstić information content (AvgIpc) is 2.49. The van der Waals surface area contributed by atoms with Crippen LogP contribution in [0, 0.1) is 0 Å². The number of benzene rings is 1. The summed E-state index contributed by atoms with van der Waals surface area (Å²) in [6, 6.07) is 13.8. The summed E-state index contributed by atoms with van der Waals surface area (Å²) in [4.78, 5) is 8.69. The van der Waals surface area contributed by atoms with Gasteiger partial charge in [-0.3, -0.25) is 4.98 Å². The normalized spacial score (nSPS) is 12.3. The first-order valence-corrected chi connectivity index (χ1v) is 6.94. The Bertz CT molecular complexity index is 756. The minimum atomic E-state index is 0.0614. The molecule has 3 rings (SSSR count). The van der Waals surface area contributed by atoms with Crippen LogP contribution in [0.25, 0.3) is 10.9 Å². The topological polar surface area (TPSA) is 61.0 Å². The molecule has 0 saturated heterocycles. The van der Waals surface area contributed by atoms with Gasteiger partial charge >= 0.3 is 0 Å². The third-order valence-electron chi connectivity index (χ3n) is 3.17. The summed E-state index contributed by atoms with van der Waals surface area (Å²) < 4.78 is 5.89. The zero-order valence-electron chi connectivity index (χ0n) is 11.9. The van der Waals surface area contributed by atoms with Crippen molar-refractivity contribution in [2.24, 2.45) is 5.73 Å². The monoisotopic (exact) mass is 279 g/mol. The van der Waals surface area contributed by atoms with Gasteiger partial charge in [0.25, 0.3) is 0 Å². The Balaban J connectivity index is 1.91. The smallest absolute Gasteiger partial charge is 0.222 e. The van der Waals surface area contributed by atoms with Gasteiger partial charge in [-0.25, -0.2) is 4.98 Å². The van der Waals surface area contributed by atoms with E-state index in [0.717, 1.165) is 22.9 Å². The Morgan fingerprint density at radius 1 is 1.14 bits per heavy atom. The number of rotatable bonds is 4. The van der Waals surface area contributed by atoms with Crippen LogP contribution >= 0.6 is 0 Å². The maximum Gasteiger partial charge on any atom is 0.222 e. The van der Waals surface area contributed by atoms with E-state index in [9.17, 15) is 0 Å². The first-order chi connectivity index (χ1) is 10.2. The molecule has 0 aliphatic rings. The quantitative estimate of drug-likeness (QED) is 0.796. The van der Waals surface area contributed by atoms with E-state index in [1.54, 1.807) is 12.4 Å². The molecule has 0 spiro atoms. The molecule has 0 aliphatic carbocycles. The zero-order chi connectivity index (χ0) is 14.7. The summed E-state index contributed by atoms with van der Waals surface area (Å²) in [7, 11) is 0. The van der Waals surface area contributed by atoms with Crippen LogP contribution in [0.1, 0.15) is 12.5 Å². The van der Waals surface area contributed by atoms with E-state index in [4.69, 9.17) is 10.5 Å². The largest absolute Gasteiger partial charge is 0.437 e. The molecule has 4 heteroatoms. The third-order valence-corrected chi connectivity index (χ3v) is 3.17. The van der Waals surface area contributed by atoms with Gasteiger partial charge in [-0.15, -0.1) is 0 Å². The molecule has 2 heterocycles. The van der Waals surface area contributed by atoms with E-state index in [1.165, 1.54) is 0 Å². The third kappa shape index (κ3) is 3.17. The molecule has 0 saturated carbocycles. The highest BCUT2D eigenvalue weighted by Crippen LogP contribution is 2.25. The van der Waals surface area contributed by atoms with E-state index in [0.29, 0.717) is 11.6 Å². The molecule has 0 radical (unpaired) electrons. The lowest BCUT2D eigenvalue weighted by atomic mass is 10.1. The summed E-state index contributed by atoms with van der Waals surface area (Å²) in [6.07, 6.45) is 4.16. The van der Waals surface area contributed by atoms with Crippen LogP contribution in [0.3, 0.4) is 0 Å². The molecule has 4 nitrogen and oxygen atoms in total. The van der Waals surface area contributed by atoms with Crippen molar-refractivity contribution >= 4 is 10.9 Å². The summed E-state index contributed by atoms with van der Waals surface area (Å²) in [5.74, 6) is 1.27. The molecule has 1 aromatic carbocycles. The predicted molar refractivity (Wildman–Crippen MR) is 83.4 cm³/mol. The maximum atomic E-state index is 5.89. The van der Waals surface area contributed by atoms with Crippen molar-refractivity contribution < 1.29 is 4.74 Å². The fourth-order valence-electron chi connectivity index (χ4n) is 2.24. The summed E-state index contributed by atoms with van der Waals surface area (Å²) in [5.41, 5.74) is 7.81. The molecule has 1 atom stereocenters. The first kappa shape index (κ1) is 13.5. The van der Waals surface area contributed by atoms with Crippen LogP contribution in [-0.4, -0.2) is 16.0 Å². The standard InChI is InChI=1S/C17H17N3O/c1-12(18)9-14-6-4-8-19-17(14)21-15-10-13-5-2-3-7-16(13)20-11-15/h2-8,10-12H,9,18H2,1H3. The van der Waals surface area contributed by atoms with Crippen LogP contribution in [0.15, 0.2) is 54.9 Å². The molecule has 3 aromatic rings. The van der Waals surface area contributed by atoms with E-state index in [2.05, 4.69) is 9.97 Å². The molecular formula is C17H17N3O. The molecular weight excluding hydrogens is 262 g/mol. The highest BCUT2D eigenvalue weighted by Gasteiger charge is 2.08. The predicted octanol–water partition coefficient (Wildman–Crippen LogP) is 3.31. The number of para-hydroxylation sites is 1. The van der Waals surface area contributed by atoms with E-state index >= 15 is 0 Å². The highest BCUT2D eigenvalue weighted by molar-refractivity contribution is 5.79. The molecule has 106 valence electrons. The number of nitrogens with zero attached hydrogens (tertiary/aromatic N) is 2.